The van der Waals surface area contributed by atoms with Crippen LogP contribution in [0.15, 0.2) is 41.3 Å². The Balaban J connectivity index is 2.33. The third kappa shape index (κ3) is 4.97. The molecule has 0 saturated carbocycles. The summed E-state index contributed by atoms with van der Waals surface area (Å²) < 4.78 is 46.0. The van der Waals surface area contributed by atoms with Gasteiger partial charge in [0.05, 0.1) is 17.6 Å². The van der Waals surface area contributed by atoms with E-state index < -0.39 is 21.7 Å². The van der Waals surface area contributed by atoms with Gasteiger partial charge in [0.25, 0.3) is 5.91 Å². The Hall–Kier alpha value is -2.16. The fraction of sp³-hybridized carbons (Fsp3) is 0.278. The minimum absolute atomic E-state index is 0.103. The predicted octanol–water partition coefficient (Wildman–Crippen LogP) is 3.06. The van der Waals surface area contributed by atoms with Crippen molar-refractivity contribution < 1.29 is 22.3 Å². The van der Waals surface area contributed by atoms with Crippen molar-refractivity contribution in [3.05, 3.63) is 58.4 Å². The normalized spacial score (nSPS) is 11.3. The lowest BCUT2D eigenvalue weighted by molar-refractivity contribution is 0.0779. The summed E-state index contributed by atoms with van der Waals surface area (Å²) in [7, 11) is -0.840. The standard InChI is InChI=1S/C18H20ClFN2O4S/c1-4-21-27(24,25)14-6-7-16(20)15(10-14)18(23)22(2)11-12-9-13(19)5-8-17(12)26-3/h5-10,21H,4,11H2,1-3H3. The first-order valence-electron chi connectivity index (χ1n) is 8.06. The quantitative estimate of drug-likeness (QED) is 0.755. The molecule has 146 valence electrons. The molecule has 0 aromatic heterocycles. The van der Waals surface area contributed by atoms with Crippen molar-refractivity contribution in [1.82, 2.24) is 9.62 Å². The van der Waals surface area contributed by atoms with Crippen LogP contribution in [-0.2, 0) is 16.6 Å². The maximum absolute atomic E-state index is 14.2. The summed E-state index contributed by atoms with van der Waals surface area (Å²) in [6.07, 6.45) is 0. The van der Waals surface area contributed by atoms with Gasteiger partial charge in [-0.15, -0.1) is 0 Å². The first-order chi connectivity index (χ1) is 12.7. The molecule has 0 aliphatic rings. The summed E-state index contributed by atoms with van der Waals surface area (Å²) in [5.74, 6) is -0.938. The molecule has 1 amide bonds. The van der Waals surface area contributed by atoms with Crippen molar-refractivity contribution in [2.24, 2.45) is 0 Å². The van der Waals surface area contributed by atoms with Gasteiger partial charge in [-0.05, 0) is 36.4 Å². The number of methoxy groups -OCH3 is 1. The number of halogens is 2. The zero-order valence-electron chi connectivity index (χ0n) is 15.1. The van der Waals surface area contributed by atoms with Crippen molar-refractivity contribution >= 4 is 27.5 Å². The topological polar surface area (TPSA) is 75.7 Å². The van der Waals surface area contributed by atoms with Crippen molar-refractivity contribution in [2.75, 3.05) is 20.7 Å². The minimum Gasteiger partial charge on any atom is -0.496 e. The lowest BCUT2D eigenvalue weighted by Crippen LogP contribution is -2.28. The van der Waals surface area contributed by atoms with Gasteiger partial charge in [0.2, 0.25) is 10.0 Å². The lowest BCUT2D eigenvalue weighted by atomic mass is 10.1. The van der Waals surface area contributed by atoms with Crippen LogP contribution in [0.2, 0.25) is 5.02 Å². The number of benzene rings is 2. The number of amides is 1. The first-order valence-corrected chi connectivity index (χ1v) is 9.92. The number of rotatable bonds is 7. The van der Waals surface area contributed by atoms with Crippen LogP contribution in [0.25, 0.3) is 0 Å². The van der Waals surface area contributed by atoms with Gasteiger partial charge in [-0.2, -0.15) is 0 Å². The highest BCUT2D eigenvalue weighted by atomic mass is 35.5. The van der Waals surface area contributed by atoms with Crippen molar-refractivity contribution in [3.63, 3.8) is 0 Å². The first kappa shape index (κ1) is 21.1. The highest BCUT2D eigenvalue weighted by Crippen LogP contribution is 2.25. The van der Waals surface area contributed by atoms with Crippen LogP contribution < -0.4 is 9.46 Å². The summed E-state index contributed by atoms with van der Waals surface area (Å²) in [6, 6.07) is 8.07. The SMILES string of the molecule is CCNS(=O)(=O)c1ccc(F)c(C(=O)N(C)Cc2cc(Cl)ccc2OC)c1. The molecule has 0 atom stereocenters. The highest BCUT2D eigenvalue weighted by Gasteiger charge is 2.22. The van der Waals surface area contributed by atoms with E-state index in [-0.39, 0.29) is 23.5 Å². The van der Waals surface area contributed by atoms with E-state index in [1.165, 1.54) is 19.1 Å². The second kappa shape index (κ2) is 8.69. The second-order valence-corrected chi connectivity index (χ2v) is 7.96. The molecule has 2 rings (SSSR count). The summed E-state index contributed by atoms with van der Waals surface area (Å²) in [5.41, 5.74) is 0.301. The Morgan fingerprint density at radius 3 is 2.59 bits per heavy atom. The molecular weight excluding hydrogens is 395 g/mol. The van der Waals surface area contributed by atoms with E-state index >= 15 is 0 Å². The van der Waals surface area contributed by atoms with E-state index in [9.17, 15) is 17.6 Å². The molecule has 0 radical (unpaired) electrons. The Morgan fingerprint density at radius 2 is 1.96 bits per heavy atom. The largest absolute Gasteiger partial charge is 0.496 e. The molecular formula is C18H20ClFN2O4S. The Bertz CT molecular complexity index is 950. The molecule has 2 aromatic rings. The lowest BCUT2D eigenvalue weighted by Gasteiger charge is -2.20. The molecule has 0 heterocycles. The average molecular weight is 415 g/mol. The molecule has 0 aliphatic heterocycles. The molecule has 0 bridgehead atoms. The van der Waals surface area contributed by atoms with Gasteiger partial charge in [-0.1, -0.05) is 18.5 Å². The van der Waals surface area contributed by atoms with E-state index in [1.807, 2.05) is 0 Å². The Kier molecular flexibility index (Phi) is 6.80. The molecule has 0 unspecified atom stereocenters. The van der Waals surface area contributed by atoms with Crippen LogP contribution in [0, 0.1) is 5.82 Å². The van der Waals surface area contributed by atoms with Crippen LogP contribution >= 0.6 is 11.6 Å². The smallest absolute Gasteiger partial charge is 0.256 e. The third-order valence-corrected chi connectivity index (χ3v) is 5.59. The maximum Gasteiger partial charge on any atom is 0.256 e. The number of carbonyl (C=O) groups is 1. The van der Waals surface area contributed by atoms with Gasteiger partial charge in [0.1, 0.15) is 11.6 Å². The molecule has 0 fully saturated rings. The number of hydrogen-bond donors (Lipinski definition) is 1. The zero-order chi connectivity index (χ0) is 20.2. The molecule has 9 heteroatoms. The monoisotopic (exact) mass is 414 g/mol. The van der Waals surface area contributed by atoms with Gasteiger partial charge < -0.3 is 9.64 Å². The molecule has 0 saturated heterocycles. The molecule has 6 nitrogen and oxygen atoms in total. The van der Waals surface area contributed by atoms with Gasteiger partial charge in [0, 0.05) is 30.7 Å². The molecule has 0 aliphatic carbocycles. The zero-order valence-corrected chi connectivity index (χ0v) is 16.7. The molecule has 1 N–H and O–H groups in total. The maximum atomic E-state index is 14.2. The minimum atomic E-state index is -3.81. The second-order valence-electron chi connectivity index (χ2n) is 5.76. The van der Waals surface area contributed by atoms with Gasteiger partial charge in [0.15, 0.2) is 0 Å². The van der Waals surface area contributed by atoms with Gasteiger partial charge >= 0.3 is 0 Å². The van der Waals surface area contributed by atoms with Gasteiger partial charge in [-0.25, -0.2) is 17.5 Å². The summed E-state index contributed by atoms with van der Waals surface area (Å²) in [5, 5.41) is 0.469. The summed E-state index contributed by atoms with van der Waals surface area (Å²) >= 11 is 5.99. The van der Waals surface area contributed by atoms with E-state index in [4.69, 9.17) is 16.3 Å². The van der Waals surface area contributed by atoms with Crippen molar-refractivity contribution in [3.8, 4) is 5.75 Å². The molecule has 27 heavy (non-hydrogen) atoms. The summed E-state index contributed by atoms with van der Waals surface area (Å²) in [6.45, 7) is 1.91. The number of nitrogens with zero attached hydrogens (tertiary/aromatic N) is 1. The van der Waals surface area contributed by atoms with Crippen LogP contribution in [-0.4, -0.2) is 39.9 Å². The Morgan fingerprint density at radius 1 is 1.26 bits per heavy atom. The number of nitrogens with one attached hydrogen (secondary N) is 1. The van der Waals surface area contributed by atoms with Crippen LogP contribution in [0.5, 0.6) is 5.75 Å². The fourth-order valence-electron chi connectivity index (χ4n) is 2.51. The Labute approximate surface area is 162 Å². The van der Waals surface area contributed by atoms with Crippen molar-refractivity contribution in [2.45, 2.75) is 18.4 Å². The average Bonchev–Trinajstić information content (AvgIpc) is 2.61. The van der Waals surface area contributed by atoms with E-state index in [0.717, 1.165) is 18.2 Å². The number of sulfonamides is 1. The fourth-order valence-corrected chi connectivity index (χ4v) is 3.77. The van der Waals surface area contributed by atoms with Crippen molar-refractivity contribution in [1.29, 1.82) is 0 Å². The van der Waals surface area contributed by atoms with E-state index in [2.05, 4.69) is 4.72 Å². The molecule has 2 aromatic carbocycles. The van der Waals surface area contributed by atoms with Crippen LogP contribution in [0.1, 0.15) is 22.8 Å². The third-order valence-electron chi connectivity index (χ3n) is 3.81. The number of carbonyl (C=O) groups excluding carboxylic acids is 1. The number of ether oxygens (including phenoxy) is 1. The van der Waals surface area contributed by atoms with Crippen LogP contribution in [0.3, 0.4) is 0 Å². The molecule has 0 spiro atoms. The highest BCUT2D eigenvalue weighted by molar-refractivity contribution is 7.89. The van der Waals surface area contributed by atoms with E-state index in [1.54, 1.807) is 25.1 Å². The van der Waals surface area contributed by atoms with E-state index in [0.29, 0.717) is 16.3 Å². The van der Waals surface area contributed by atoms with Gasteiger partial charge in [-0.3, -0.25) is 4.79 Å². The number of hydrogen-bond acceptors (Lipinski definition) is 4. The van der Waals surface area contributed by atoms with Crippen LogP contribution in [0.4, 0.5) is 4.39 Å². The predicted molar refractivity (Wildman–Crippen MR) is 101 cm³/mol. The summed E-state index contributed by atoms with van der Waals surface area (Å²) in [4.78, 5) is 13.8.